The van der Waals surface area contributed by atoms with Crippen molar-refractivity contribution in [1.29, 1.82) is 0 Å². The highest BCUT2D eigenvalue weighted by Gasteiger charge is 2.16. The van der Waals surface area contributed by atoms with E-state index in [-0.39, 0.29) is 13.2 Å². The van der Waals surface area contributed by atoms with Gasteiger partial charge in [0.2, 0.25) is 0 Å². The number of nitrogens with one attached hydrogen (secondary N) is 2. The summed E-state index contributed by atoms with van der Waals surface area (Å²) in [5.74, 6) is -0.485. The molecule has 8 heteroatoms. The Labute approximate surface area is 154 Å². The van der Waals surface area contributed by atoms with E-state index in [1.165, 1.54) is 11.3 Å². The fourth-order valence-electron chi connectivity index (χ4n) is 2.30. The van der Waals surface area contributed by atoms with Gasteiger partial charge in [-0.15, -0.1) is 11.3 Å². The molecule has 134 valence electrons. The third kappa shape index (κ3) is 4.28. The molecule has 0 aliphatic rings. The molecule has 0 bridgehead atoms. The molecule has 2 N–H and O–H groups in total. The number of hydrogen-bond donors (Lipinski definition) is 2. The summed E-state index contributed by atoms with van der Waals surface area (Å²) in [6, 6.07) is 13.0. The van der Waals surface area contributed by atoms with Crippen LogP contribution in [-0.2, 0) is 9.53 Å². The quantitative estimate of drug-likeness (QED) is 0.652. The van der Waals surface area contributed by atoms with Gasteiger partial charge in [-0.05, 0) is 30.5 Å². The molecule has 0 unspecified atom stereocenters. The van der Waals surface area contributed by atoms with Gasteiger partial charge in [0.05, 0.1) is 29.1 Å². The van der Waals surface area contributed by atoms with Gasteiger partial charge in [-0.25, -0.2) is 9.48 Å². The highest BCUT2D eigenvalue weighted by atomic mass is 32.1. The van der Waals surface area contributed by atoms with Crippen molar-refractivity contribution in [3.63, 3.8) is 0 Å². The number of nitrogens with zero attached hydrogens (tertiary/aromatic N) is 2. The summed E-state index contributed by atoms with van der Waals surface area (Å²) in [5, 5.41) is 11.8. The highest BCUT2D eigenvalue weighted by Crippen LogP contribution is 2.31. The maximum absolute atomic E-state index is 12.1. The summed E-state index contributed by atoms with van der Waals surface area (Å²) < 4.78 is 6.50. The van der Waals surface area contributed by atoms with Crippen LogP contribution >= 0.6 is 11.3 Å². The lowest BCUT2D eigenvalue weighted by molar-refractivity contribution is -0.141. The number of anilines is 1. The smallest absolute Gasteiger partial charge is 0.325 e. The second-order valence-electron chi connectivity index (χ2n) is 5.26. The first-order chi connectivity index (χ1) is 12.7. The molecule has 0 saturated carbocycles. The van der Waals surface area contributed by atoms with Gasteiger partial charge in [-0.2, -0.15) is 5.10 Å². The van der Waals surface area contributed by atoms with E-state index in [0.717, 1.165) is 10.6 Å². The van der Waals surface area contributed by atoms with Gasteiger partial charge in [0, 0.05) is 0 Å². The number of ether oxygens (including phenoxy) is 1. The van der Waals surface area contributed by atoms with E-state index in [2.05, 4.69) is 15.7 Å². The number of aromatic nitrogens is 2. The molecule has 26 heavy (non-hydrogen) atoms. The molecule has 3 aromatic rings. The number of urea groups is 1. The van der Waals surface area contributed by atoms with Gasteiger partial charge >= 0.3 is 12.0 Å². The fourth-order valence-corrected chi connectivity index (χ4v) is 3.03. The first kappa shape index (κ1) is 17.7. The van der Waals surface area contributed by atoms with E-state index in [0.29, 0.717) is 11.4 Å². The van der Waals surface area contributed by atoms with Gasteiger partial charge < -0.3 is 15.4 Å². The summed E-state index contributed by atoms with van der Waals surface area (Å²) in [5.41, 5.74) is 2.10. The third-order valence-corrected chi connectivity index (χ3v) is 4.31. The molecule has 0 aliphatic heterocycles. The van der Waals surface area contributed by atoms with Gasteiger partial charge in [0.1, 0.15) is 12.2 Å². The number of para-hydroxylation sites is 1. The normalized spacial score (nSPS) is 10.3. The molecule has 0 aliphatic carbocycles. The van der Waals surface area contributed by atoms with Crippen molar-refractivity contribution in [3.8, 4) is 16.3 Å². The number of carbonyl (C=O) groups excluding carboxylic acids is 2. The second-order valence-corrected chi connectivity index (χ2v) is 6.21. The van der Waals surface area contributed by atoms with Gasteiger partial charge in [-0.1, -0.05) is 24.3 Å². The van der Waals surface area contributed by atoms with Crippen molar-refractivity contribution in [1.82, 2.24) is 15.1 Å². The van der Waals surface area contributed by atoms with Crippen LogP contribution in [0.4, 0.5) is 10.5 Å². The minimum atomic E-state index is -0.497. The summed E-state index contributed by atoms with van der Waals surface area (Å²) in [6.45, 7) is 1.79. The molecule has 7 nitrogen and oxygen atoms in total. The molecule has 1 aromatic carbocycles. The Morgan fingerprint density at radius 2 is 2.00 bits per heavy atom. The Balaban J connectivity index is 1.80. The average Bonchev–Trinajstić information content (AvgIpc) is 3.30. The zero-order chi connectivity index (χ0) is 18.4. The summed E-state index contributed by atoms with van der Waals surface area (Å²) in [6.07, 6.45) is 1.74. The number of benzene rings is 1. The van der Waals surface area contributed by atoms with Crippen LogP contribution in [0, 0.1) is 0 Å². The Morgan fingerprint density at radius 3 is 2.69 bits per heavy atom. The van der Waals surface area contributed by atoms with Gasteiger partial charge in [0.25, 0.3) is 0 Å². The SMILES string of the molecule is CCOC(=O)CNC(=O)Nc1cn(-c2ccccc2)nc1-c1cccs1. The first-order valence-corrected chi connectivity index (χ1v) is 8.94. The summed E-state index contributed by atoms with van der Waals surface area (Å²) in [7, 11) is 0. The van der Waals surface area contributed by atoms with Crippen LogP contribution in [0.1, 0.15) is 6.92 Å². The van der Waals surface area contributed by atoms with Crippen molar-refractivity contribution in [2.75, 3.05) is 18.5 Å². The minimum absolute atomic E-state index is 0.194. The van der Waals surface area contributed by atoms with Gasteiger partial charge in [0.15, 0.2) is 0 Å². The molecule has 2 heterocycles. The number of rotatable bonds is 6. The zero-order valence-electron chi connectivity index (χ0n) is 14.1. The van der Waals surface area contributed by atoms with Crippen LogP contribution in [-0.4, -0.2) is 34.9 Å². The highest BCUT2D eigenvalue weighted by molar-refractivity contribution is 7.13. The number of amides is 2. The molecule has 0 radical (unpaired) electrons. The molecule has 3 rings (SSSR count). The average molecular weight is 370 g/mol. The number of hydrogen-bond acceptors (Lipinski definition) is 5. The van der Waals surface area contributed by atoms with Crippen LogP contribution in [0.25, 0.3) is 16.3 Å². The molecular weight excluding hydrogens is 352 g/mol. The van der Waals surface area contributed by atoms with Crippen LogP contribution in [0.3, 0.4) is 0 Å². The van der Waals surface area contributed by atoms with Crippen LogP contribution < -0.4 is 10.6 Å². The number of carbonyl (C=O) groups is 2. The summed E-state index contributed by atoms with van der Waals surface area (Å²) in [4.78, 5) is 24.4. The maximum atomic E-state index is 12.1. The predicted octanol–water partition coefficient (Wildman–Crippen LogP) is 3.29. The minimum Gasteiger partial charge on any atom is -0.465 e. The molecule has 2 amide bonds. The maximum Gasteiger partial charge on any atom is 0.325 e. The van der Waals surface area contributed by atoms with Crippen molar-refractivity contribution < 1.29 is 14.3 Å². The second kappa shape index (κ2) is 8.30. The van der Waals surface area contributed by atoms with E-state index in [1.54, 1.807) is 17.8 Å². The van der Waals surface area contributed by atoms with Gasteiger partial charge in [-0.3, -0.25) is 4.79 Å². The lowest BCUT2D eigenvalue weighted by Crippen LogP contribution is -2.34. The molecule has 0 saturated heterocycles. The van der Waals surface area contributed by atoms with E-state index in [1.807, 2.05) is 47.8 Å². The topological polar surface area (TPSA) is 85.2 Å². The van der Waals surface area contributed by atoms with Crippen molar-refractivity contribution >= 4 is 29.0 Å². The van der Waals surface area contributed by atoms with E-state index >= 15 is 0 Å². The molecular formula is C18H18N4O3S. The third-order valence-electron chi connectivity index (χ3n) is 3.44. The fraction of sp³-hybridized carbons (Fsp3) is 0.167. The number of thiophene rings is 1. The molecule has 0 atom stereocenters. The first-order valence-electron chi connectivity index (χ1n) is 8.07. The summed E-state index contributed by atoms with van der Waals surface area (Å²) >= 11 is 1.53. The van der Waals surface area contributed by atoms with Crippen molar-refractivity contribution in [2.24, 2.45) is 0 Å². The van der Waals surface area contributed by atoms with E-state index in [4.69, 9.17) is 4.74 Å². The predicted molar refractivity (Wildman–Crippen MR) is 101 cm³/mol. The molecule has 0 spiro atoms. The van der Waals surface area contributed by atoms with Crippen LogP contribution in [0.5, 0.6) is 0 Å². The largest absolute Gasteiger partial charge is 0.465 e. The zero-order valence-corrected chi connectivity index (χ0v) is 15.0. The lowest BCUT2D eigenvalue weighted by atomic mass is 10.3. The molecule has 2 aromatic heterocycles. The Kier molecular flexibility index (Phi) is 5.65. The Hall–Kier alpha value is -3.13. The molecule has 0 fully saturated rings. The lowest BCUT2D eigenvalue weighted by Gasteiger charge is -2.06. The van der Waals surface area contributed by atoms with E-state index in [9.17, 15) is 9.59 Å². The van der Waals surface area contributed by atoms with Crippen molar-refractivity contribution in [3.05, 3.63) is 54.0 Å². The van der Waals surface area contributed by atoms with Crippen molar-refractivity contribution in [2.45, 2.75) is 6.92 Å². The van der Waals surface area contributed by atoms with Crippen LogP contribution in [0.15, 0.2) is 54.0 Å². The van der Waals surface area contributed by atoms with Crippen LogP contribution in [0.2, 0.25) is 0 Å². The standard InChI is InChI=1S/C18H18N4O3S/c1-2-25-16(23)11-19-18(24)20-14-12-22(13-7-4-3-5-8-13)21-17(14)15-9-6-10-26-15/h3-10,12H,2,11H2,1H3,(H2,19,20,24). The Morgan fingerprint density at radius 1 is 1.19 bits per heavy atom. The van der Waals surface area contributed by atoms with E-state index < -0.39 is 12.0 Å². The monoisotopic (exact) mass is 370 g/mol. The number of esters is 1. The Bertz CT molecular complexity index is 875.